The average molecular weight is 460 g/mol. The number of nitrogens with zero attached hydrogens (tertiary/aromatic N) is 3. The molecule has 2 N–H and O–H groups in total. The number of aromatic nitrogens is 4. The fourth-order valence-corrected chi connectivity index (χ4v) is 4.66. The second-order valence-corrected chi connectivity index (χ2v) is 8.61. The molecule has 0 amide bonds. The van der Waals surface area contributed by atoms with E-state index in [1.165, 1.54) is 12.1 Å². The monoisotopic (exact) mass is 459 g/mol. The number of aryl methyl sites for hydroxylation is 4. The number of allylic oxidation sites excluding steroid dienone is 4. The van der Waals surface area contributed by atoms with Crippen LogP contribution in [0.2, 0.25) is 0 Å². The third-order valence-electron chi connectivity index (χ3n) is 6.26. The maximum atomic E-state index is 13.8. The fraction of sp³-hybridized carbons (Fsp3) is 0.269. The van der Waals surface area contributed by atoms with Crippen molar-refractivity contribution >= 4 is 22.3 Å². The first-order valence-electron chi connectivity index (χ1n) is 11.1. The summed E-state index contributed by atoms with van der Waals surface area (Å²) in [5.74, 6) is 2.65. The Bertz CT molecular complexity index is 1490. The molecule has 4 heterocycles. The van der Waals surface area contributed by atoms with Crippen LogP contribution >= 0.6 is 0 Å². The van der Waals surface area contributed by atoms with Crippen LogP contribution in [0.3, 0.4) is 0 Å². The predicted octanol–water partition coefficient (Wildman–Crippen LogP) is 5.92. The van der Waals surface area contributed by atoms with Crippen LogP contribution in [-0.4, -0.2) is 27.2 Å². The van der Waals surface area contributed by atoms with Gasteiger partial charge in [-0.05, 0) is 58.9 Å². The van der Waals surface area contributed by atoms with Crippen molar-refractivity contribution < 1.29 is 13.7 Å². The Hall–Kier alpha value is -3.94. The minimum absolute atomic E-state index is 0.275. The zero-order chi connectivity index (χ0) is 24.1. The molecule has 0 radical (unpaired) electrons. The van der Waals surface area contributed by atoms with Crippen LogP contribution in [0.15, 0.2) is 40.3 Å². The molecule has 0 fully saturated rings. The van der Waals surface area contributed by atoms with Crippen LogP contribution in [0, 0.1) is 33.5 Å². The standard InChI is InChI=1S/C26H26FN5O2/c1-12-24(19-8-7-17(27)9-22(19)28-12)25-21-11-18(31-26(21)30-16(5)29-25)10-20(14(3)33-6)23-13(2)32-34-15(23)4/h7-10,28H,11H2,1-6H3,(H,29,30,31)/b18-10+,20-14-. The largest absolute Gasteiger partial charge is 0.501 e. The van der Waals surface area contributed by atoms with Gasteiger partial charge in [-0.3, -0.25) is 0 Å². The lowest BCUT2D eigenvalue weighted by Crippen LogP contribution is -1.99. The first kappa shape index (κ1) is 21.9. The molecule has 0 saturated heterocycles. The van der Waals surface area contributed by atoms with Crippen LogP contribution < -0.4 is 5.32 Å². The summed E-state index contributed by atoms with van der Waals surface area (Å²) in [6.45, 7) is 9.59. The molecule has 0 saturated carbocycles. The van der Waals surface area contributed by atoms with E-state index in [0.29, 0.717) is 12.2 Å². The number of halogens is 1. The van der Waals surface area contributed by atoms with Crippen molar-refractivity contribution in [3.8, 4) is 11.3 Å². The molecule has 3 aromatic heterocycles. The zero-order valence-corrected chi connectivity index (χ0v) is 20.1. The van der Waals surface area contributed by atoms with Crippen molar-refractivity contribution in [1.29, 1.82) is 0 Å². The number of hydrogen-bond donors (Lipinski definition) is 2. The molecule has 174 valence electrons. The SMILES string of the molecule is CO/C(C)=C(/C=C1\Cc2c(nc(C)nc2-c2c(C)[nH]c3cc(F)ccc23)N1)c1c(C)noc1C. The molecule has 1 aromatic carbocycles. The Labute approximate surface area is 196 Å². The minimum atomic E-state index is -0.275. The summed E-state index contributed by atoms with van der Waals surface area (Å²) in [6.07, 6.45) is 2.67. The normalized spacial score (nSPS) is 15.0. The summed E-state index contributed by atoms with van der Waals surface area (Å²) < 4.78 is 24.8. The quantitative estimate of drug-likeness (QED) is 0.369. The van der Waals surface area contributed by atoms with E-state index in [1.54, 1.807) is 13.2 Å². The molecular weight excluding hydrogens is 433 g/mol. The number of methoxy groups -OCH3 is 1. The van der Waals surface area contributed by atoms with Gasteiger partial charge in [-0.15, -0.1) is 0 Å². The van der Waals surface area contributed by atoms with E-state index in [9.17, 15) is 4.39 Å². The predicted molar refractivity (Wildman–Crippen MR) is 130 cm³/mol. The highest BCUT2D eigenvalue weighted by Gasteiger charge is 2.26. The summed E-state index contributed by atoms with van der Waals surface area (Å²) in [6, 6.07) is 4.79. The van der Waals surface area contributed by atoms with E-state index < -0.39 is 0 Å². The topological polar surface area (TPSA) is 88.9 Å². The Morgan fingerprint density at radius 3 is 2.68 bits per heavy atom. The molecular formula is C26H26FN5O2. The Balaban J connectivity index is 1.63. The van der Waals surface area contributed by atoms with Gasteiger partial charge in [0.1, 0.15) is 29.0 Å². The second-order valence-electron chi connectivity index (χ2n) is 8.61. The third-order valence-corrected chi connectivity index (χ3v) is 6.26. The molecule has 8 heteroatoms. The van der Waals surface area contributed by atoms with Crippen LogP contribution in [-0.2, 0) is 11.2 Å². The molecule has 5 rings (SSSR count). The maximum Gasteiger partial charge on any atom is 0.141 e. The van der Waals surface area contributed by atoms with Crippen molar-refractivity contribution in [2.75, 3.05) is 12.4 Å². The number of ether oxygens (including phenoxy) is 1. The molecule has 0 atom stereocenters. The Morgan fingerprint density at radius 2 is 1.97 bits per heavy atom. The van der Waals surface area contributed by atoms with Gasteiger partial charge in [0.05, 0.1) is 24.1 Å². The minimum Gasteiger partial charge on any atom is -0.501 e. The van der Waals surface area contributed by atoms with Crippen LogP contribution in [0.25, 0.3) is 27.7 Å². The first-order valence-corrected chi connectivity index (χ1v) is 11.1. The zero-order valence-electron chi connectivity index (χ0n) is 20.1. The summed E-state index contributed by atoms with van der Waals surface area (Å²) in [5, 5.41) is 8.50. The highest BCUT2D eigenvalue weighted by molar-refractivity contribution is 5.98. The molecule has 0 spiro atoms. The van der Waals surface area contributed by atoms with E-state index >= 15 is 0 Å². The van der Waals surface area contributed by atoms with Gasteiger partial charge < -0.3 is 19.6 Å². The van der Waals surface area contributed by atoms with Gasteiger partial charge in [0.15, 0.2) is 0 Å². The van der Waals surface area contributed by atoms with Crippen molar-refractivity contribution in [1.82, 2.24) is 20.1 Å². The van der Waals surface area contributed by atoms with Gasteiger partial charge in [-0.2, -0.15) is 0 Å². The van der Waals surface area contributed by atoms with Gasteiger partial charge in [-0.1, -0.05) is 5.16 Å². The van der Waals surface area contributed by atoms with Gasteiger partial charge in [0.25, 0.3) is 0 Å². The Morgan fingerprint density at radius 1 is 1.18 bits per heavy atom. The van der Waals surface area contributed by atoms with E-state index in [1.807, 2.05) is 34.6 Å². The van der Waals surface area contributed by atoms with Crippen LogP contribution in [0.5, 0.6) is 0 Å². The highest BCUT2D eigenvalue weighted by Crippen LogP contribution is 2.40. The number of H-pyrrole nitrogens is 1. The van der Waals surface area contributed by atoms with Gasteiger partial charge >= 0.3 is 0 Å². The van der Waals surface area contributed by atoms with Crippen molar-refractivity contribution in [3.63, 3.8) is 0 Å². The van der Waals surface area contributed by atoms with Gasteiger partial charge in [0.2, 0.25) is 0 Å². The number of aromatic amines is 1. The molecule has 0 bridgehead atoms. The molecule has 0 aliphatic carbocycles. The molecule has 1 aliphatic heterocycles. The van der Waals surface area contributed by atoms with Gasteiger partial charge in [-0.25, -0.2) is 14.4 Å². The number of rotatable bonds is 4. The lowest BCUT2D eigenvalue weighted by Gasteiger charge is -2.09. The highest BCUT2D eigenvalue weighted by atomic mass is 19.1. The van der Waals surface area contributed by atoms with E-state index in [4.69, 9.17) is 14.2 Å². The fourth-order valence-electron chi connectivity index (χ4n) is 4.66. The summed E-state index contributed by atoms with van der Waals surface area (Å²) in [4.78, 5) is 12.8. The number of benzene rings is 1. The third kappa shape index (κ3) is 3.55. The van der Waals surface area contributed by atoms with E-state index in [2.05, 4.69) is 26.5 Å². The summed E-state index contributed by atoms with van der Waals surface area (Å²) >= 11 is 0. The number of fused-ring (bicyclic) bond motifs is 2. The van der Waals surface area contributed by atoms with Crippen LogP contribution in [0.4, 0.5) is 10.2 Å². The van der Waals surface area contributed by atoms with E-state index in [-0.39, 0.29) is 5.82 Å². The Kier molecular flexibility index (Phi) is 5.23. The van der Waals surface area contributed by atoms with Crippen molar-refractivity contribution in [2.45, 2.75) is 41.0 Å². The summed E-state index contributed by atoms with van der Waals surface area (Å²) in [7, 11) is 1.65. The number of hydrogen-bond acceptors (Lipinski definition) is 6. The van der Waals surface area contributed by atoms with E-state index in [0.717, 1.165) is 73.3 Å². The second kappa shape index (κ2) is 8.13. The van der Waals surface area contributed by atoms with Crippen LogP contribution in [0.1, 0.15) is 41.0 Å². The number of anilines is 1. The molecule has 0 unspecified atom stereocenters. The van der Waals surface area contributed by atoms with Gasteiger partial charge in [0, 0.05) is 45.4 Å². The van der Waals surface area contributed by atoms with Crippen molar-refractivity contribution in [2.24, 2.45) is 0 Å². The lowest BCUT2D eigenvalue weighted by atomic mass is 9.99. The maximum absolute atomic E-state index is 13.8. The molecule has 34 heavy (non-hydrogen) atoms. The smallest absolute Gasteiger partial charge is 0.141 e. The first-order chi connectivity index (χ1) is 16.3. The summed E-state index contributed by atoms with van der Waals surface area (Å²) in [5.41, 5.74) is 8.08. The van der Waals surface area contributed by atoms with Crippen molar-refractivity contribution in [3.05, 3.63) is 75.6 Å². The lowest BCUT2D eigenvalue weighted by molar-refractivity contribution is 0.296. The molecule has 7 nitrogen and oxygen atoms in total. The average Bonchev–Trinajstić information content (AvgIpc) is 3.44. The number of nitrogens with one attached hydrogen (secondary N) is 2. The molecule has 1 aliphatic rings. The molecule has 4 aromatic rings.